The van der Waals surface area contributed by atoms with Crippen molar-refractivity contribution in [2.45, 2.75) is 19.9 Å². The van der Waals surface area contributed by atoms with Crippen LogP contribution in [0.3, 0.4) is 0 Å². The zero-order valence-electron chi connectivity index (χ0n) is 10.8. The Bertz CT molecular complexity index is 580. The van der Waals surface area contributed by atoms with E-state index in [-0.39, 0.29) is 0 Å². The van der Waals surface area contributed by atoms with Crippen LogP contribution in [0, 0.1) is 0 Å². The predicted octanol–water partition coefficient (Wildman–Crippen LogP) is 1.99. The Kier molecular flexibility index (Phi) is 3.79. The van der Waals surface area contributed by atoms with E-state index in [0.717, 1.165) is 11.1 Å². The molecule has 0 amide bonds. The highest BCUT2D eigenvalue weighted by Crippen LogP contribution is 2.27. The smallest absolute Gasteiger partial charge is 0.328 e. The molecule has 1 atom stereocenters. The summed E-state index contributed by atoms with van der Waals surface area (Å²) in [6.07, 6.45) is 4.94. The van der Waals surface area contributed by atoms with Gasteiger partial charge in [0.1, 0.15) is 6.04 Å². The fourth-order valence-corrected chi connectivity index (χ4v) is 1.66. The van der Waals surface area contributed by atoms with E-state index in [0.29, 0.717) is 12.5 Å². The van der Waals surface area contributed by atoms with Crippen molar-refractivity contribution in [1.82, 2.24) is 14.8 Å². The number of aliphatic carboxylic acids is 1. The van der Waals surface area contributed by atoms with Crippen LogP contribution in [0.25, 0.3) is 11.1 Å². The summed E-state index contributed by atoms with van der Waals surface area (Å²) < 4.78 is 6.85. The van der Waals surface area contributed by atoms with Crippen LogP contribution < -0.4 is 4.74 Å². The van der Waals surface area contributed by atoms with Crippen molar-refractivity contribution >= 4 is 5.97 Å². The molecule has 0 fully saturated rings. The van der Waals surface area contributed by atoms with Crippen LogP contribution in [-0.2, 0) is 4.79 Å². The minimum absolute atomic E-state index is 0.518. The number of carboxylic acid groups (broad SMARTS) is 1. The zero-order chi connectivity index (χ0) is 13.8. The Morgan fingerprint density at radius 1 is 1.58 bits per heavy atom. The molecule has 0 spiro atoms. The van der Waals surface area contributed by atoms with Gasteiger partial charge in [-0.1, -0.05) is 0 Å². The lowest BCUT2D eigenvalue weighted by Crippen LogP contribution is -2.15. The molecule has 0 aliphatic heterocycles. The summed E-state index contributed by atoms with van der Waals surface area (Å²) in [4.78, 5) is 15.1. The first-order chi connectivity index (χ1) is 9.13. The van der Waals surface area contributed by atoms with Crippen molar-refractivity contribution in [3.63, 3.8) is 0 Å². The summed E-state index contributed by atoms with van der Waals surface area (Å²) in [5.41, 5.74) is 1.58. The first-order valence-corrected chi connectivity index (χ1v) is 5.98. The molecular formula is C13H15N3O3. The van der Waals surface area contributed by atoms with Gasteiger partial charge >= 0.3 is 5.97 Å². The minimum atomic E-state index is -0.925. The van der Waals surface area contributed by atoms with Crippen molar-refractivity contribution in [2.75, 3.05) is 6.61 Å². The molecule has 0 radical (unpaired) electrons. The van der Waals surface area contributed by atoms with Crippen molar-refractivity contribution in [3.8, 4) is 17.0 Å². The molecule has 0 bridgehead atoms. The van der Waals surface area contributed by atoms with Gasteiger partial charge in [-0.05, 0) is 26.0 Å². The zero-order valence-corrected chi connectivity index (χ0v) is 10.8. The largest absolute Gasteiger partial charge is 0.480 e. The molecule has 6 nitrogen and oxygen atoms in total. The van der Waals surface area contributed by atoms with E-state index in [1.807, 2.05) is 13.0 Å². The highest BCUT2D eigenvalue weighted by molar-refractivity contribution is 5.72. The normalized spacial score (nSPS) is 12.1. The highest BCUT2D eigenvalue weighted by atomic mass is 16.5. The van der Waals surface area contributed by atoms with E-state index in [1.165, 1.54) is 4.68 Å². The van der Waals surface area contributed by atoms with Crippen LogP contribution in [-0.4, -0.2) is 32.4 Å². The van der Waals surface area contributed by atoms with Gasteiger partial charge in [0, 0.05) is 23.5 Å². The molecule has 6 heteroatoms. The molecule has 0 aliphatic rings. The topological polar surface area (TPSA) is 77.2 Å². The number of carboxylic acids is 1. The maximum atomic E-state index is 10.9. The molecule has 0 saturated heterocycles. The number of hydrogen-bond donors (Lipinski definition) is 1. The molecule has 2 aromatic rings. The van der Waals surface area contributed by atoms with Gasteiger partial charge in [-0.25, -0.2) is 9.78 Å². The van der Waals surface area contributed by atoms with E-state index in [4.69, 9.17) is 9.84 Å². The third-order valence-corrected chi connectivity index (χ3v) is 2.72. The third kappa shape index (κ3) is 2.73. The van der Waals surface area contributed by atoms with Crippen LogP contribution in [0.1, 0.15) is 19.9 Å². The van der Waals surface area contributed by atoms with Crippen LogP contribution >= 0.6 is 0 Å². The molecular weight excluding hydrogens is 246 g/mol. The monoisotopic (exact) mass is 261 g/mol. The summed E-state index contributed by atoms with van der Waals surface area (Å²) in [6, 6.07) is 2.96. The van der Waals surface area contributed by atoms with Crippen LogP contribution in [0.2, 0.25) is 0 Å². The number of ether oxygens (including phenoxy) is 1. The standard InChI is InChI=1S/C13H15N3O3/c1-3-19-12-11(5-4-6-14-12)10-7-15-16(8-10)9(2)13(17)18/h4-9H,3H2,1-2H3,(H,17,18). The van der Waals surface area contributed by atoms with Gasteiger partial charge in [0.05, 0.1) is 12.8 Å². The Morgan fingerprint density at radius 2 is 2.37 bits per heavy atom. The lowest BCUT2D eigenvalue weighted by Gasteiger charge is -2.07. The van der Waals surface area contributed by atoms with Gasteiger partial charge in [0.2, 0.25) is 5.88 Å². The quantitative estimate of drug-likeness (QED) is 0.890. The minimum Gasteiger partial charge on any atom is -0.480 e. The van der Waals surface area contributed by atoms with Crippen molar-refractivity contribution in [3.05, 3.63) is 30.7 Å². The number of pyridine rings is 1. The molecule has 0 aliphatic carbocycles. The molecule has 100 valence electrons. The Labute approximate surface area is 110 Å². The third-order valence-electron chi connectivity index (χ3n) is 2.72. The summed E-state index contributed by atoms with van der Waals surface area (Å²) in [7, 11) is 0. The molecule has 19 heavy (non-hydrogen) atoms. The second kappa shape index (κ2) is 5.51. The lowest BCUT2D eigenvalue weighted by atomic mass is 10.1. The first-order valence-electron chi connectivity index (χ1n) is 5.98. The van der Waals surface area contributed by atoms with Crippen molar-refractivity contribution < 1.29 is 14.6 Å². The van der Waals surface area contributed by atoms with E-state index in [2.05, 4.69) is 10.1 Å². The van der Waals surface area contributed by atoms with Gasteiger partial charge in [0.25, 0.3) is 0 Å². The highest BCUT2D eigenvalue weighted by Gasteiger charge is 2.16. The second-order valence-corrected chi connectivity index (χ2v) is 4.01. The molecule has 0 aromatic carbocycles. The van der Waals surface area contributed by atoms with Crippen LogP contribution in [0.4, 0.5) is 0 Å². The summed E-state index contributed by atoms with van der Waals surface area (Å²) in [5.74, 6) is -0.404. The van der Waals surface area contributed by atoms with Crippen molar-refractivity contribution in [1.29, 1.82) is 0 Å². The second-order valence-electron chi connectivity index (χ2n) is 4.01. The molecule has 2 rings (SSSR count). The summed E-state index contributed by atoms with van der Waals surface area (Å²) in [5, 5.41) is 13.0. The fourth-order valence-electron chi connectivity index (χ4n) is 1.66. The maximum absolute atomic E-state index is 10.9. The Morgan fingerprint density at radius 3 is 3.05 bits per heavy atom. The fraction of sp³-hybridized carbons (Fsp3) is 0.308. The van der Waals surface area contributed by atoms with Gasteiger partial charge in [-0.15, -0.1) is 0 Å². The number of aromatic nitrogens is 3. The average molecular weight is 261 g/mol. The van der Waals surface area contributed by atoms with Gasteiger partial charge in [0.15, 0.2) is 0 Å². The predicted molar refractivity (Wildman–Crippen MR) is 69.0 cm³/mol. The Balaban J connectivity index is 2.35. The molecule has 0 saturated carbocycles. The number of carbonyl (C=O) groups is 1. The first kappa shape index (κ1) is 13.1. The number of nitrogens with zero attached hydrogens (tertiary/aromatic N) is 3. The molecule has 1 N–H and O–H groups in total. The van der Waals surface area contributed by atoms with Crippen molar-refractivity contribution in [2.24, 2.45) is 0 Å². The average Bonchev–Trinajstić information content (AvgIpc) is 2.88. The number of hydrogen-bond acceptors (Lipinski definition) is 4. The van der Waals surface area contributed by atoms with Gasteiger partial charge < -0.3 is 9.84 Å². The van der Waals surface area contributed by atoms with E-state index < -0.39 is 12.0 Å². The molecule has 2 heterocycles. The van der Waals surface area contributed by atoms with Gasteiger partial charge in [-0.2, -0.15) is 5.10 Å². The lowest BCUT2D eigenvalue weighted by molar-refractivity contribution is -0.140. The van der Waals surface area contributed by atoms with E-state index in [9.17, 15) is 4.79 Å². The molecule has 1 unspecified atom stereocenters. The van der Waals surface area contributed by atoms with Crippen LogP contribution in [0.5, 0.6) is 5.88 Å². The summed E-state index contributed by atoms with van der Waals surface area (Å²) >= 11 is 0. The van der Waals surface area contributed by atoms with E-state index in [1.54, 1.807) is 31.6 Å². The molecule has 2 aromatic heterocycles. The van der Waals surface area contributed by atoms with Crippen LogP contribution in [0.15, 0.2) is 30.7 Å². The van der Waals surface area contributed by atoms with E-state index >= 15 is 0 Å². The Hall–Kier alpha value is -2.37. The SMILES string of the molecule is CCOc1ncccc1-c1cnn(C(C)C(=O)O)c1. The van der Waals surface area contributed by atoms with Gasteiger partial charge in [-0.3, -0.25) is 4.68 Å². The number of rotatable bonds is 5. The summed E-state index contributed by atoms with van der Waals surface area (Å²) in [6.45, 7) is 3.98. The maximum Gasteiger partial charge on any atom is 0.328 e.